The van der Waals surface area contributed by atoms with Crippen LogP contribution in [0.4, 0.5) is 0 Å². The van der Waals surface area contributed by atoms with Crippen molar-refractivity contribution in [2.75, 3.05) is 0 Å². The van der Waals surface area contributed by atoms with Crippen LogP contribution in [0.3, 0.4) is 0 Å². The molecule has 0 aliphatic heterocycles. The molecule has 18 heavy (non-hydrogen) atoms. The predicted molar refractivity (Wildman–Crippen MR) is 78.1 cm³/mol. The maximum atomic E-state index is 11.9. The van der Waals surface area contributed by atoms with Crippen LogP contribution >= 0.6 is 23.7 Å². The van der Waals surface area contributed by atoms with Crippen molar-refractivity contribution in [3.05, 3.63) is 21.9 Å². The van der Waals surface area contributed by atoms with Crippen molar-refractivity contribution in [3.8, 4) is 0 Å². The number of thiophene rings is 1. The molecular formula is C13H21ClN2OS. The molecule has 0 bridgehead atoms. The second-order valence-electron chi connectivity index (χ2n) is 4.64. The summed E-state index contributed by atoms with van der Waals surface area (Å²) in [6.07, 6.45) is 4.07. The van der Waals surface area contributed by atoms with Crippen LogP contribution in [0.25, 0.3) is 0 Å². The van der Waals surface area contributed by atoms with Gasteiger partial charge in [-0.2, -0.15) is 0 Å². The number of carbonyl (C=O) groups excluding carboxylic acids is 1. The van der Waals surface area contributed by atoms with Crippen LogP contribution in [0.15, 0.2) is 12.1 Å². The molecule has 1 aliphatic carbocycles. The molecule has 1 aliphatic rings. The molecule has 1 amide bonds. The smallest absolute Gasteiger partial charge is 0.224 e. The van der Waals surface area contributed by atoms with Gasteiger partial charge in [0.15, 0.2) is 0 Å². The third kappa shape index (κ3) is 3.70. The number of nitrogens with one attached hydrogen (secondary N) is 1. The highest BCUT2D eigenvalue weighted by atomic mass is 35.5. The highest BCUT2D eigenvalue weighted by Crippen LogP contribution is 2.24. The SMILES string of the molecule is CCc1ccc(CNC(=O)C2CCCC2N)s1.Cl. The quantitative estimate of drug-likeness (QED) is 0.894. The molecule has 0 radical (unpaired) electrons. The van der Waals surface area contributed by atoms with Crippen LogP contribution < -0.4 is 11.1 Å². The Morgan fingerprint density at radius 2 is 2.17 bits per heavy atom. The van der Waals surface area contributed by atoms with Gasteiger partial charge >= 0.3 is 0 Å². The summed E-state index contributed by atoms with van der Waals surface area (Å²) in [6.45, 7) is 2.79. The van der Waals surface area contributed by atoms with Crippen molar-refractivity contribution in [3.63, 3.8) is 0 Å². The van der Waals surface area contributed by atoms with Crippen LogP contribution in [0, 0.1) is 5.92 Å². The van der Waals surface area contributed by atoms with Gasteiger partial charge in [0.25, 0.3) is 0 Å². The first-order valence-corrected chi connectivity index (χ1v) is 7.13. The highest BCUT2D eigenvalue weighted by molar-refractivity contribution is 7.11. The molecule has 5 heteroatoms. The molecule has 2 atom stereocenters. The fourth-order valence-corrected chi connectivity index (χ4v) is 3.22. The lowest BCUT2D eigenvalue weighted by Gasteiger charge is -2.14. The van der Waals surface area contributed by atoms with E-state index in [-0.39, 0.29) is 30.3 Å². The van der Waals surface area contributed by atoms with E-state index in [1.807, 2.05) is 0 Å². The van der Waals surface area contributed by atoms with Crippen molar-refractivity contribution < 1.29 is 4.79 Å². The van der Waals surface area contributed by atoms with Gasteiger partial charge in [-0.3, -0.25) is 4.79 Å². The summed E-state index contributed by atoms with van der Waals surface area (Å²) < 4.78 is 0. The van der Waals surface area contributed by atoms with Gasteiger partial charge in [-0.25, -0.2) is 0 Å². The summed E-state index contributed by atoms with van der Waals surface area (Å²) in [5.74, 6) is 0.155. The average molecular weight is 289 g/mol. The minimum Gasteiger partial charge on any atom is -0.351 e. The molecule has 1 aromatic rings. The van der Waals surface area contributed by atoms with Gasteiger partial charge in [0, 0.05) is 15.8 Å². The Labute approximate surface area is 119 Å². The van der Waals surface area contributed by atoms with Crippen molar-refractivity contribution in [1.29, 1.82) is 0 Å². The zero-order chi connectivity index (χ0) is 12.3. The Morgan fingerprint density at radius 1 is 1.44 bits per heavy atom. The maximum absolute atomic E-state index is 11.9. The number of halogens is 1. The van der Waals surface area contributed by atoms with Gasteiger partial charge in [-0.05, 0) is 31.4 Å². The number of hydrogen-bond donors (Lipinski definition) is 2. The molecule has 0 saturated heterocycles. The first-order valence-electron chi connectivity index (χ1n) is 6.31. The lowest BCUT2D eigenvalue weighted by atomic mass is 10.0. The first kappa shape index (κ1) is 15.5. The van der Waals surface area contributed by atoms with Crippen LogP contribution in [-0.4, -0.2) is 11.9 Å². The van der Waals surface area contributed by atoms with Gasteiger partial charge in [0.05, 0.1) is 12.5 Å². The van der Waals surface area contributed by atoms with E-state index in [2.05, 4.69) is 24.4 Å². The van der Waals surface area contributed by atoms with Gasteiger partial charge in [-0.1, -0.05) is 13.3 Å². The van der Waals surface area contributed by atoms with E-state index < -0.39 is 0 Å². The van der Waals surface area contributed by atoms with E-state index in [9.17, 15) is 4.79 Å². The molecule has 2 rings (SSSR count). The van der Waals surface area contributed by atoms with Crippen LogP contribution in [-0.2, 0) is 17.8 Å². The molecule has 0 aromatic carbocycles. The van der Waals surface area contributed by atoms with Crippen molar-refractivity contribution in [2.45, 2.75) is 45.2 Å². The highest BCUT2D eigenvalue weighted by Gasteiger charge is 2.29. The van der Waals surface area contributed by atoms with Crippen LogP contribution in [0.2, 0.25) is 0 Å². The number of aryl methyl sites for hydroxylation is 1. The van der Waals surface area contributed by atoms with E-state index >= 15 is 0 Å². The fourth-order valence-electron chi connectivity index (χ4n) is 2.33. The standard InChI is InChI=1S/C13H20N2OS.ClH/c1-2-9-6-7-10(17-9)8-15-13(16)11-4-3-5-12(11)14;/h6-7,11-12H,2-5,8,14H2,1H3,(H,15,16);1H. The number of amides is 1. The molecule has 0 spiro atoms. The Morgan fingerprint density at radius 3 is 2.72 bits per heavy atom. The van der Waals surface area contributed by atoms with Gasteiger partial charge in [0.1, 0.15) is 0 Å². The van der Waals surface area contributed by atoms with Crippen LogP contribution in [0.5, 0.6) is 0 Å². The van der Waals surface area contributed by atoms with E-state index in [0.29, 0.717) is 6.54 Å². The summed E-state index contributed by atoms with van der Waals surface area (Å²) in [5.41, 5.74) is 5.92. The number of carbonyl (C=O) groups is 1. The largest absolute Gasteiger partial charge is 0.351 e. The molecule has 1 heterocycles. The molecule has 1 fully saturated rings. The normalized spacial score (nSPS) is 22.6. The molecule has 3 nitrogen and oxygen atoms in total. The minimum atomic E-state index is 0. The topological polar surface area (TPSA) is 55.1 Å². The monoisotopic (exact) mass is 288 g/mol. The fraction of sp³-hybridized carbons (Fsp3) is 0.615. The van der Waals surface area contributed by atoms with E-state index in [0.717, 1.165) is 25.7 Å². The summed E-state index contributed by atoms with van der Waals surface area (Å²) in [7, 11) is 0. The number of nitrogens with two attached hydrogens (primary N) is 1. The Balaban J connectivity index is 0.00000162. The first-order chi connectivity index (χ1) is 8.20. The van der Waals surface area contributed by atoms with Gasteiger partial charge in [0.2, 0.25) is 5.91 Å². The average Bonchev–Trinajstić information content (AvgIpc) is 2.94. The summed E-state index contributed by atoms with van der Waals surface area (Å²) >= 11 is 1.77. The molecule has 2 unspecified atom stereocenters. The Hall–Kier alpha value is -0.580. The summed E-state index contributed by atoms with van der Waals surface area (Å²) in [4.78, 5) is 14.5. The van der Waals surface area contributed by atoms with E-state index in [1.165, 1.54) is 9.75 Å². The summed E-state index contributed by atoms with van der Waals surface area (Å²) in [5, 5.41) is 3.00. The van der Waals surface area contributed by atoms with E-state index in [4.69, 9.17) is 5.73 Å². The zero-order valence-electron chi connectivity index (χ0n) is 10.6. The van der Waals surface area contributed by atoms with Crippen molar-refractivity contribution in [1.82, 2.24) is 5.32 Å². The molecular weight excluding hydrogens is 268 g/mol. The van der Waals surface area contributed by atoms with Crippen LogP contribution in [0.1, 0.15) is 35.9 Å². The predicted octanol–water partition coefficient (Wildman–Crippen LogP) is 2.48. The minimum absolute atomic E-state index is 0. The van der Waals surface area contributed by atoms with Gasteiger partial charge in [-0.15, -0.1) is 23.7 Å². The molecule has 3 N–H and O–H groups in total. The second kappa shape index (κ2) is 7.12. The van der Waals surface area contributed by atoms with Crippen molar-refractivity contribution in [2.24, 2.45) is 11.7 Å². The second-order valence-corrected chi connectivity index (χ2v) is 5.89. The molecule has 1 saturated carbocycles. The third-order valence-electron chi connectivity index (χ3n) is 3.41. The number of hydrogen-bond acceptors (Lipinski definition) is 3. The lowest BCUT2D eigenvalue weighted by molar-refractivity contribution is -0.125. The Bertz CT molecular complexity index is 394. The lowest BCUT2D eigenvalue weighted by Crippen LogP contribution is -2.38. The third-order valence-corrected chi connectivity index (χ3v) is 4.64. The zero-order valence-corrected chi connectivity index (χ0v) is 12.3. The van der Waals surface area contributed by atoms with E-state index in [1.54, 1.807) is 11.3 Å². The maximum Gasteiger partial charge on any atom is 0.224 e. The Kier molecular flexibility index (Phi) is 6.12. The van der Waals surface area contributed by atoms with Gasteiger partial charge < -0.3 is 11.1 Å². The molecule has 1 aromatic heterocycles. The van der Waals surface area contributed by atoms with Crippen molar-refractivity contribution >= 4 is 29.7 Å². The summed E-state index contributed by atoms with van der Waals surface area (Å²) in [6, 6.07) is 4.29. The molecule has 102 valence electrons. The number of rotatable bonds is 4.